The highest BCUT2D eigenvalue weighted by Crippen LogP contribution is 2.24. The highest BCUT2D eigenvalue weighted by atomic mass is 32.2. The zero-order valence-corrected chi connectivity index (χ0v) is 15.3. The summed E-state index contributed by atoms with van der Waals surface area (Å²) in [4.78, 5) is 0. The standard InChI is InChI=1S/C15H25N5O2S/c1-7-19-13(6)15(11(4)17-19)12(5)18-23(21,22)14-8-9-16-20(14)10(2)3/h8-10,12,18H,7H2,1-6H3/t12-/m1/s1. The molecule has 0 aliphatic rings. The molecule has 1 atom stereocenters. The number of hydrogen-bond donors (Lipinski definition) is 1. The van der Waals surface area contributed by atoms with Gasteiger partial charge in [-0.1, -0.05) is 0 Å². The van der Waals surface area contributed by atoms with Gasteiger partial charge in [0, 0.05) is 29.9 Å². The quantitative estimate of drug-likeness (QED) is 0.876. The molecule has 2 aromatic heterocycles. The van der Waals surface area contributed by atoms with E-state index in [9.17, 15) is 8.42 Å². The van der Waals surface area contributed by atoms with Crippen molar-refractivity contribution >= 4 is 10.0 Å². The van der Waals surface area contributed by atoms with E-state index in [1.807, 2.05) is 46.2 Å². The Hall–Kier alpha value is -1.67. The summed E-state index contributed by atoms with van der Waals surface area (Å²) in [6.45, 7) is 12.3. The molecular formula is C15H25N5O2S. The van der Waals surface area contributed by atoms with E-state index in [1.54, 1.807) is 0 Å². The lowest BCUT2D eigenvalue weighted by Crippen LogP contribution is -2.30. The molecule has 0 aliphatic carbocycles. The van der Waals surface area contributed by atoms with Crippen LogP contribution in [-0.2, 0) is 16.6 Å². The number of nitrogens with zero attached hydrogens (tertiary/aromatic N) is 4. The summed E-state index contributed by atoms with van der Waals surface area (Å²) in [7, 11) is -3.66. The summed E-state index contributed by atoms with van der Waals surface area (Å²) in [5, 5.41) is 8.73. The molecule has 128 valence electrons. The number of aryl methyl sites for hydroxylation is 2. The summed E-state index contributed by atoms with van der Waals surface area (Å²) < 4.78 is 31.5. The maximum absolute atomic E-state index is 12.7. The van der Waals surface area contributed by atoms with Gasteiger partial charge < -0.3 is 0 Å². The van der Waals surface area contributed by atoms with E-state index in [0.717, 1.165) is 23.5 Å². The van der Waals surface area contributed by atoms with E-state index in [-0.39, 0.29) is 17.1 Å². The SMILES string of the molecule is CCn1nc(C)c([C@@H](C)NS(=O)(=O)c2ccnn2C(C)C)c1C. The molecule has 0 saturated heterocycles. The largest absolute Gasteiger partial charge is 0.270 e. The molecule has 0 saturated carbocycles. The van der Waals surface area contributed by atoms with Crippen molar-refractivity contribution in [2.75, 3.05) is 0 Å². The third-order valence-electron chi connectivity index (χ3n) is 3.90. The fourth-order valence-electron chi connectivity index (χ4n) is 2.90. The summed E-state index contributed by atoms with van der Waals surface area (Å²) in [5.74, 6) is 0. The first-order valence-corrected chi connectivity index (χ1v) is 9.27. The molecule has 0 spiro atoms. The van der Waals surface area contributed by atoms with E-state index in [0.29, 0.717) is 0 Å². The van der Waals surface area contributed by atoms with Gasteiger partial charge in [0.05, 0.1) is 11.9 Å². The van der Waals surface area contributed by atoms with Crippen molar-refractivity contribution in [3.63, 3.8) is 0 Å². The van der Waals surface area contributed by atoms with E-state index >= 15 is 0 Å². The van der Waals surface area contributed by atoms with Gasteiger partial charge in [-0.05, 0) is 47.6 Å². The first-order chi connectivity index (χ1) is 10.7. The van der Waals surface area contributed by atoms with Crippen molar-refractivity contribution in [1.29, 1.82) is 0 Å². The van der Waals surface area contributed by atoms with Crippen LogP contribution in [-0.4, -0.2) is 28.0 Å². The lowest BCUT2D eigenvalue weighted by atomic mass is 10.1. The second kappa shape index (κ2) is 6.45. The molecule has 0 amide bonds. The Morgan fingerprint density at radius 2 is 1.91 bits per heavy atom. The molecule has 0 aromatic carbocycles. The second-order valence-corrected chi connectivity index (χ2v) is 7.61. The highest BCUT2D eigenvalue weighted by Gasteiger charge is 2.26. The molecule has 0 bridgehead atoms. The van der Waals surface area contributed by atoms with Crippen LogP contribution in [0.25, 0.3) is 0 Å². The van der Waals surface area contributed by atoms with Crippen LogP contribution in [0.2, 0.25) is 0 Å². The van der Waals surface area contributed by atoms with Crippen LogP contribution in [0.1, 0.15) is 56.7 Å². The average Bonchev–Trinajstić information content (AvgIpc) is 3.03. The van der Waals surface area contributed by atoms with Crippen LogP contribution in [0.5, 0.6) is 0 Å². The fraction of sp³-hybridized carbons (Fsp3) is 0.600. The number of nitrogens with one attached hydrogen (secondary N) is 1. The summed E-state index contributed by atoms with van der Waals surface area (Å²) in [6.07, 6.45) is 1.50. The summed E-state index contributed by atoms with van der Waals surface area (Å²) in [6, 6.07) is 1.12. The fourth-order valence-corrected chi connectivity index (χ4v) is 4.35. The third kappa shape index (κ3) is 3.32. The van der Waals surface area contributed by atoms with E-state index < -0.39 is 10.0 Å². The predicted octanol–water partition coefficient (Wildman–Crippen LogP) is 2.34. The van der Waals surface area contributed by atoms with Crippen LogP contribution in [0, 0.1) is 13.8 Å². The average molecular weight is 339 g/mol. The molecule has 7 nitrogen and oxygen atoms in total. The van der Waals surface area contributed by atoms with E-state index in [1.165, 1.54) is 16.9 Å². The molecule has 2 aromatic rings. The van der Waals surface area contributed by atoms with Gasteiger partial charge >= 0.3 is 0 Å². The molecule has 0 radical (unpaired) electrons. The van der Waals surface area contributed by atoms with Crippen molar-refractivity contribution in [2.45, 2.75) is 65.2 Å². The van der Waals surface area contributed by atoms with Gasteiger partial charge in [-0.3, -0.25) is 9.36 Å². The Balaban J connectivity index is 2.34. The number of hydrogen-bond acceptors (Lipinski definition) is 4. The number of rotatable bonds is 6. The van der Waals surface area contributed by atoms with Crippen LogP contribution in [0.15, 0.2) is 17.3 Å². The molecule has 23 heavy (non-hydrogen) atoms. The zero-order chi connectivity index (χ0) is 17.4. The minimum atomic E-state index is -3.66. The first kappa shape index (κ1) is 17.7. The maximum Gasteiger partial charge on any atom is 0.258 e. The van der Waals surface area contributed by atoms with Crippen LogP contribution < -0.4 is 4.72 Å². The summed E-state index contributed by atoms with van der Waals surface area (Å²) in [5.41, 5.74) is 2.75. The summed E-state index contributed by atoms with van der Waals surface area (Å²) >= 11 is 0. The normalized spacial score (nSPS) is 13.7. The van der Waals surface area contributed by atoms with Gasteiger partial charge in [-0.15, -0.1) is 0 Å². The van der Waals surface area contributed by atoms with Gasteiger partial charge in [-0.2, -0.15) is 10.2 Å². The molecule has 0 fully saturated rings. The monoisotopic (exact) mass is 339 g/mol. The van der Waals surface area contributed by atoms with Gasteiger partial charge in [0.1, 0.15) is 0 Å². The third-order valence-corrected chi connectivity index (χ3v) is 5.44. The van der Waals surface area contributed by atoms with E-state index in [2.05, 4.69) is 14.9 Å². The van der Waals surface area contributed by atoms with Crippen LogP contribution in [0.3, 0.4) is 0 Å². The molecule has 8 heteroatoms. The molecule has 2 heterocycles. The van der Waals surface area contributed by atoms with Crippen LogP contribution >= 0.6 is 0 Å². The van der Waals surface area contributed by atoms with Gasteiger partial charge in [0.2, 0.25) is 0 Å². The number of sulfonamides is 1. The Morgan fingerprint density at radius 3 is 2.43 bits per heavy atom. The Kier molecular flexibility index (Phi) is 4.95. The predicted molar refractivity (Wildman–Crippen MR) is 88.7 cm³/mol. The Bertz CT molecular complexity index is 789. The van der Waals surface area contributed by atoms with Gasteiger partial charge in [0.15, 0.2) is 5.03 Å². The molecular weight excluding hydrogens is 314 g/mol. The lowest BCUT2D eigenvalue weighted by molar-refractivity contribution is 0.473. The van der Waals surface area contributed by atoms with Crippen LogP contribution in [0.4, 0.5) is 0 Å². The smallest absolute Gasteiger partial charge is 0.258 e. The molecule has 0 unspecified atom stereocenters. The van der Waals surface area contributed by atoms with Gasteiger partial charge in [-0.25, -0.2) is 13.1 Å². The molecule has 0 aliphatic heterocycles. The van der Waals surface area contributed by atoms with Crippen molar-refractivity contribution in [2.24, 2.45) is 0 Å². The topological polar surface area (TPSA) is 81.8 Å². The maximum atomic E-state index is 12.7. The van der Waals surface area contributed by atoms with E-state index in [4.69, 9.17) is 0 Å². The number of aromatic nitrogens is 4. The Labute approximate surface area is 137 Å². The van der Waals surface area contributed by atoms with Crippen molar-refractivity contribution in [3.05, 3.63) is 29.2 Å². The molecule has 1 N–H and O–H groups in total. The van der Waals surface area contributed by atoms with Gasteiger partial charge in [0.25, 0.3) is 10.0 Å². The molecule has 2 rings (SSSR count). The van der Waals surface area contributed by atoms with Crippen molar-refractivity contribution in [3.8, 4) is 0 Å². The van der Waals surface area contributed by atoms with Crippen molar-refractivity contribution in [1.82, 2.24) is 24.3 Å². The first-order valence-electron chi connectivity index (χ1n) is 7.78. The second-order valence-electron chi connectivity index (χ2n) is 5.95. The highest BCUT2D eigenvalue weighted by molar-refractivity contribution is 7.89. The minimum absolute atomic E-state index is 0.0294. The minimum Gasteiger partial charge on any atom is -0.270 e. The van der Waals surface area contributed by atoms with Crippen molar-refractivity contribution < 1.29 is 8.42 Å². The lowest BCUT2D eigenvalue weighted by Gasteiger charge is -2.17. The Morgan fingerprint density at radius 1 is 1.26 bits per heavy atom. The zero-order valence-electron chi connectivity index (χ0n) is 14.5.